The highest BCUT2D eigenvalue weighted by Crippen LogP contribution is 2.08. The first-order valence-electron chi connectivity index (χ1n) is 12.0. The van der Waals surface area contributed by atoms with Crippen molar-refractivity contribution in [3.63, 3.8) is 0 Å². The first-order chi connectivity index (χ1) is 18.2. The maximum Gasteiger partial charge on any atom is 0.106 e. The third-order valence-electron chi connectivity index (χ3n) is 5.14. The van der Waals surface area contributed by atoms with Crippen LogP contribution in [0.15, 0.2) is 121 Å². The molecule has 0 aliphatic carbocycles. The Morgan fingerprint density at radius 1 is 0.622 bits per heavy atom. The van der Waals surface area contributed by atoms with E-state index in [2.05, 4.69) is 81.7 Å². The van der Waals surface area contributed by atoms with Gasteiger partial charge in [-0.15, -0.1) is 0 Å². The molecule has 6 nitrogen and oxygen atoms in total. The number of carbonyl (C=O) groups excluding carboxylic acids is 1. The lowest BCUT2D eigenvalue weighted by Crippen LogP contribution is -2.14. The molecule has 6 heteroatoms. The van der Waals surface area contributed by atoms with E-state index in [4.69, 9.17) is 4.79 Å². The lowest BCUT2D eigenvalue weighted by atomic mass is 10.1. The van der Waals surface area contributed by atoms with Crippen molar-refractivity contribution in [3.8, 4) is 5.69 Å². The van der Waals surface area contributed by atoms with Crippen LogP contribution in [0.3, 0.4) is 0 Å². The first-order valence-corrected chi connectivity index (χ1v) is 12.0. The summed E-state index contributed by atoms with van der Waals surface area (Å²) in [6.45, 7) is 5.92. The Balaban J connectivity index is 0.000000192. The minimum Gasteiger partial charge on any atom is -0.322 e. The Labute approximate surface area is 220 Å². The van der Waals surface area contributed by atoms with E-state index in [1.54, 1.807) is 4.80 Å². The van der Waals surface area contributed by atoms with Gasteiger partial charge in [-0.1, -0.05) is 97.1 Å². The highest BCUT2D eigenvalue weighted by molar-refractivity contribution is 5.41. The first kappa shape index (κ1) is 28.7. The van der Waals surface area contributed by atoms with Crippen molar-refractivity contribution in [1.82, 2.24) is 20.4 Å². The van der Waals surface area contributed by atoms with Crippen LogP contribution in [0.2, 0.25) is 0 Å². The molecule has 0 fully saturated rings. The summed E-state index contributed by atoms with van der Waals surface area (Å²) in [5.74, 6) is 0. The summed E-state index contributed by atoms with van der Waals surface area (Å²) in [4.78, 5) is 9.66. The van der Waals surface area contributed by atoms with Crippen molar-refractivity contribution >= 4 is 12.5 Å². The molecule has 1 heterocycles. The van der Waals surface area contributed by atoms with Crippen molar-refractivity contribution in [1.29, 1.82) is 0 Å². The molecule has 0 atom stereocenters. The summed E-state index contributed by atoms with van der Waals surface area (Å²) >= 11 is 0. The van der Waals surface area contributed by atoms with Gasteiger partial charge in [0.05, 0.1) is 17.1 Å². The molecule has 190 valence electrons. The minimum atomic E-state index is 0.976. The van der Waals surface area contributed by atoms with Gasteiger partial charge in [-0.25, -0.2) is 5.43 Å². The lowest BCUT2D eigenvalue weighted by Gasteiger charge is -2.00. The van der Waals surface area contributed by atoms with Crippen molar-refractivity contribution in [2.24, 2.45) is 0 Å². The van der Waals surface area contributed by atoms with Crippen molar-refractivity contribution < 1.29 is 4.79 Å². The fourth-order valence-corrected chi connectivity index (χ4v) is 3.22. The van der Waals surface area contributed by atoms with Crippen molar-refractivity contribution in [2.75, 3.05) is 12.5 Å². The third kappa shape index (κ3) is 10.7. The van der Waals surface area contributed by atoms with Gasteiger partial charge in [0, 0.05) is 12.7 Å². The highest BCUT2D eigenvalue weighted by Gasteiger charge is 2.02. The van der Waals surface area contributed by atoms with E-state index >= 15 is 0 Å². The zero-order valence-electron chi connectivity index (χ0n) is 21.7. The van der Waals surface area contributed by atoms with E-state index in [-0.39, 0.29) is 0 Å². The summed E-state index contributed by atoms with van der Waals surface area (Å²) in [5.41, 5.74) is 12.6. The SMILES string of the molecule is C=O.CNNc1ccccc1.Cc1nn(-c2ccccc2)nc1C.c1ccc(Cc2ccccc2)cc1. The molecule has 0 amide bonds. The number of aryl methyl sites for hydroxylation is 2. The molecule has 5 rings (SSSR count). The summed E-state index contributed by atoms with van der Waals surface area (Å²) in [5, 5.41) is 8.57. The second kappa shape index (κ2) is 17.0. The fraction of sp³-hybridized carbons (Fsp3) is 0.129. The molecule has 0 saturated heterocycles. The molecule has 0 aliphatic heterocycles. The third-order valence-corrected chi connectivity index (χ3v) is 5.14. The van der Waals surface area contributed by atoms with Crippen LogP contribution < -0.4 is 10.9 Å². The van der Waals surface area contributed by atoms with E-state index in [1.807, 2.05) is 88.3 Å². The highest BCUT2D eigenvalue weighted by atomic mass is 16.1. The number of aromatic nitrogens is 3. The second-order valence-electron chi connectivity index (χ2n) is 7.88. The number of anilines is 1. The number of para-hydroxylation sites is 2. The number of benzene rings is 4. The average Bonchev–Trinajstić information content (AvgIpc) is 3.31. The summed E-state index contributed by atoms with van der Waals surface area (Å²) < 4.78 is 0. The summed E-state index contributed by atoms with van der Waals surface area (Å²) in [6.07, 6.45) is 1.03. The Kier molecular flexibility index (Phi) is 13.2. The van der Waals surface area contributed by atoms with Crippen LogP contribution in [0.4, 0.5) is 5.69 Å². The molecule has 0 unspecified atom stereocenters. The molecule has 1 aromatic heterocycles. The predicted octanol–water partition coefficient (Wildman–Crippen LogP) is 6.21. The molecule has 0 radical (unpaired) electrons. The molecule has 5 aromatic rings. The number of nitrogens with one attached hydrogen (secondary N) is 2. The second-order valence-corrected chi connectivity index (χ2v) is 7.88. The van der Waals surface area contributed by atoms with E-state index in [9.17, 15) is 0 Å². The monoisotopic (exact) mass is 493 g/mol. The fourth-order valence-electron chi connectivity index (χ4n) is 3.22. The number of hydrogen-bond acceptors (Lipinski definition) is 5. The average molecular weight is 494 g/mol. The summed E-state index contributed by atoms with van der Waals surface area (Å²) in [7, 11) is 1.84. The van der Waals surface area contributed by atoms with Gasteiger partial charge < -0.3 is 10.2 Å². The molecule has 0 spiro atoms. The van der Waals surface area contributed by atoms with Crippen LogP contribution in [-0.4, -0.2) is 28.8 Å². The normalized spacial score (nSPS) is 9.38. The number of rotatable bonds is 5. The molecular formula is C31H35N5O. The number of hydrazine groups is 1. The zero-order valence-corrected chi connectivity index (χ0v) is 21.7. The standard InChI is InChI=1S/C13H12.C10H11N3.C7H10N2.CH2O/c1-3-7-12(8-4-1)11-13-9-5-2-6-10-13;1-8-9(2)12-13(11-8)10-6-4-3-5-7-10;1-8-9-7-5-3-2-4-6-7;1-2/h1-10H,11H2;3-7H,1-2H3;2-6,8-9H,1H3;1H2. The van der Waals surface area contributed by atoms with E-state index in [0.717, 1.165) is 29.2 Å². The van der Waals surface area contributed by atoms with Gasteiger partial charge in [0.15, 0.2) is 0 Å². The van der Waals surface area contributed by atoms with E-state index < -0.39 is 0 Å². The molecule has 0 bridgehead atoms. The molecule has 4 aromatic carbocycles. The van der Waals surface area contributed by atoms with Gasteiger partial charge >= 0.3 is 0 Å². The quantitative estimate of drug-likeness (QED) is 0.285. The number of hydrogen-bond donors (Lipinski definition) is 2. The molecule has 0 aliphatic rings. The van der Waals surface area contributed by atoms with Gasteiger partial charge in [0.1, 0.15) is 6.79 Å². The van der Waals surface area contributed by atoms with Crippen LogP contribution in [-0.2, 0) is 11.2 Å². The number of carbonyl (C=O) groups is 1. The summed E-state index contributed by atoms with van der Waals surface area (Å²) in [6, 6.07) is 40.9. The topological polar surface area (TPSA) is 71.8 Å². The zero-order chi connectivity index (χ0) is 26.7. The van der Waals surface area contributed by atoms with Gasteiger partial charge in [0.2, 0.25) is 0 Å². The maximum atomic E-state index is 8.00. The molecule has 37 heavy (non-hydrogen) atoms. The Morgan fingerprint density at radius 3 is 1.41 bits per heavy atom. The van der Waals surface area contributed by atoms with E-state index in [0.29, 0.717) is 0 Å². The molecule has 0 saturated carbocycles. The molecule has 2 N–H and O–H groups in total. The smallest absolute Gasteiger partial charge is 0.106 e. The van der Waals surface area contributed by atoms with Gasteiger partial charge in [0.25, 0.3) is 0 Å². The largest absolute Gasteiger partial charge is 0.322 e. The maximum absolute atomic E-state index is 8.00. The molecular weight excluding hydrogens is 458 g/mol. The van der Waals surface area contributed by atoms with Crippen LogP contribution in [0.1, 0.15) is 22.5 Å². The van der Waals surface area contributed by atoms with Gasteiger partial charge in [-0.2, -0.15) is 15.0 Å². The Morgan fingerprint density at radius 2 is 1.00 bits per heavy atom. The van der Waals surface area contributed by atoms with Crippen LogP contribution >= 0.6 is 0 Å². The van der Waals surface area contributed by atoms with Crippen LogP contribution in [0.5, 0.6) is 0 Å². The predicted molar refractivity (Wildman–Crippen MR) is 153 cm³/mol. The van der Waals surface area contributed by atoms with Gasteiger partial charge in [-0.05, 0) is 55.7 Å². The number of nitrogens with zero attached hydrogens (tertiary/aromatic N) is 3. The Bertz CT molecular complexity index is 1190. The minimum absolute atomic E-state index is 0.976. The van der Waals surface area contributed by atoms with Crippen molar-refractivity contribution in [2.45, 2.75) is 20.3 Å². The lowest BCUT2D eigenvalue weighted by molar-refractivity contribution is -0.0979. The van der Waals surface area contributed by atoms with Gasteiger partial charge in [-0.3, -0.25) is 0 Å². The van der Waals surface area contributed by atoms with E-state index in [1.165, 1.54) is 11.1 Å². The van der Waals surface area contributed by atoms with Crippen LogP contribution in [0.25, 0.3) is 5.69 Å². The Hall–Kier alpha value is -4.55. The van der Waals surface area contributed by atoms with Crippen molar-refractivity contribution in [3.05, 3.63) is 144 Å². The van der Waals surface area contributed by atoms with Crippen LogP contribution in [0, 0.1) is 13.8 Å².